The Bertz CT molecular complexity index is 607. The first-order valence-corrected chi connectivity index (χ1v) is 11.8. The number of hydrogen-bond donors (Lipinski definition) is 2. The molecule has 2 aliphatic rings. The Morgan fingerprint density at radius 1 is 1.03 bits per heavy atom. The first kappa shape index (κ1) is 23.0. The molecular formula is C24H41N5O. The summed E-state index contributed by atoms with van der Waals surface area (Å²) in [5.41, 5.74) is 1.41. The molecule has 168 valence electrons. The Balaban J connectivity index is 1.39. The molecule has 1 aromatic carbocycles. The minimum atomic E-state index is 0.519. The Morgan fingerprint density at radius 3 is 2.40 bits per heavy atom. The molecule has 6 nitrogen and oxygen atoms in total. The Labute approximate surface area is 183 Å². The third-order valence-electron chi connectivity index (χ3n) is 6.35. The van der Waals surface area contributed by atoms with Crippen molar-refractivity contribution in [3.05, 3.63) is 35.9 Å². The molecule has 2 aliphatic heterocycles. The van der Waals surface area contributed by atoms with E-state index in [-0.39, 0.29) is 0 Å². The van der Waals surface area contributed by atoms with Crippen LogP contribution in [0.25, 0.3) is 0 Å². The number of rotatable bonds is 9. The lowest BCUT2D eigenvalue weighted by molar-refractivity contribution is 0.121. The third-order valence-corrected chi connectivity index (χ3v) is 6.35. The number of nitrogens with one attached hydrogen (secondary N) is 2. The highest BCUT2D eigenvalue weighted by atomic mass is 16.5. The largest absolute Gasteiger partial charge is 0.383 e. The van der Waals surface area contributed by atoms with Crippen LogP contribution in [-0.4, -0.2) is 81.3 Å². The normalized spacial score (nSPS) is 20.4. The summed E-state index contributed by atoms with van der Waals surface area (Å²) in [6.07, 6.45) is 4.83. The fraction of sp³-hybridized carbons (Fsp3) is 0.708. The van der Waals surface area contributed by atoms with Crippen molar-refractivity contribution in [2.45, 2.75) is 45.2 Å². The Kier molecular flexibility index (Phi) is 9.93. The minimum absolute atomic E-state index is 0.519. The predicted molar refractivity (Wildman–Crippen MR) is 125 cm³/mol. The fourth-order valence-corrected chi connectivity index (χ4v) is 4.42. The maximum atomic E-state index is 5.20. The van der Waals surface area contributed by atoms with Crippen LogP contribution < -0.4 is 10.6 Å². The van der Waals surface area contributed by atoms with Crippen molar-refractivity contribution in [3.63, 3.8) is 0 Å². The number of benzene rings is 1. The molecule has 30 heavy (non-hydrogen) atoms. The number of aliphatic imine (C=N–C) groups is 1. The zero-order valence-electron chi connectivity index (χ0n) is 19.0. The molecule has 0 atom stereocenters. The van der Waals surface area contributed by atoms with Crippen molar-refractivity contribution in [1.82, 2.24) is 20.4 Å². The summed E-state index contributed by atoms with van der Waals surface area (Å²) >= 11 is 0. The van der Waals surface area contributed by atoms with Gasteiger partial charge in [0, 0.05) is 52.4 Å². The Hall–Kier alpha value is -1.63. The highest BCUT2D eigenvalue weighted by Crippen LogP contribution is 2.17. The lowest BCUT2D eigenvalue weighted by atomic mass is 9.97. The van der Waals surface area contributed by atoms with Crippen LogP contribution in [0.1, 0.15) is 38.2 Å². The van der Waals surface area contributed by atoms with Gasteiger partial charge >= 0.3 is 0 Å². The number of hydrogen-bond acceptors (Lipinski definition) is 4. The minimum Gasteiger partial charge on any atom is -0.383 e. The number of nitrogens with zero attached hydrogens (tertiary/aromatic N) is 3. The maximum Gasteiger partial charge on any atom is 0.191 e. The zero-order chi connectivity index (χ0) is 21.0. The van der Waals surface area contributed by atoms with Crippen LogP contribution in [-0.2, 0) is 11.3 Å². The van der Waals surface area contributed by atoms with Gasteiger partial charge < -0.3 is 20.3 Å². The molecule has 1 aromatic rings. The molecule has 2 N–H and O–H groups in total. The van der Waals surface area contributed by atoms with Gasteiger partial charge in [0.15, 0.2) is 5.96 Å². The van der Waals surface area contributed by atoms with Crippen LogP contribution in [0.15, 0.2) is 35.3 Å². The van der Waals surface area contributed by atoms with Crippen LogP contribution >= 0.6 is 0 Å². The van der Waals surface area contributed by atoms with E-state index in [0.717, 1.165) is 51.8 Å². The van der Waals surface area contributed by atoms with E-state index < -0.39 is 0 Å². The third kappa shape index (κ3) is 7.89. The molecule has 2 fully saturated rings. The van der Waals surface area contributed by atoms with Crippen LogP contribution in [0, 0.1) is 5.92 Å². The van der Waals surface area contributed by atoms with E-state index in [2.05, 4.69) is 57.7 Å². The van der Waals surface area contributed by atoms with E-state index >= 15 is 0 Å². The topological polar surface area (TPSA) is 52.1 Å². The first-order valence-electron chi connectivity index (χ1n) is 11.8. The number of ether oxygens (including phenoxy) is 1. The monoisotopic (exact) mass is 415 g/mol. The second kappa shape index (κ2) is 12.9. The molecule has 2 heterocycles. The maximum absolute atomic E-state index is 5.20. The number of methoxy groups -OCH3 is 1. The number of guanidine groups is 1. The van der Waals surface area contributed by atoms with Gasteiger partial charge in [0.1, 0.15) is 0 Å². The summed E-state index contributed by atoms with van der Waals surface area (Å²) in [5.74, 6) is 1.70. The smallest absolute Gasteiger partial charge is 0.191 e. The molecule has 0 aliphatic carbocycles. The molecule has 0 spiro atoms. The summed E-state index contributed by atoms with van der Waals surface area (Å²) < 4.78 is 5.20. The average molecular weight is 416 g/mol. The first-order chi connectivity index (χ1) is 14.8. The van der Waals surface area contributed by atoms with Gasteiger partial charge in [-0.15, -0.1) is 0 Å². The van der Waals surface area contributed by atoms with E-state index in [0.29, 0.717) is 12.0 Å². The van der Waals surface area contributed by atoms with Gasteiger partial charge in [-0.25, -0.2) is 0 Å². The van der Waals surface area contributed by atoms with E-state index in [1.807, 2.05) is 0 Å². The van der Waals surface area contributed by atoms with Crippen LogP contribution in [0.3, 0.4) is 0 Å². The Morgan fingerprint density at radius 2 is 1.73 bits per heavy atom. The molecule has 0 unspecified atom stereocenters. The molecule has 2 saturated heterocycles. The van der Waals surface area contributed by atoms with Gasteiger partial charge in [-0.1, -0.05) is 30.3 Å². The van der Waals surface area contributed by atoms with Gasteiger partial charge in [-0.05, 0) is 57.2 Å². The van der Waals surface area contributed by atoms with E-state index in [1.165, 1.54) is 44.3 Å². The van der Waals surface area contributed by atoms with Crippen molar-refractivity contribution < 1.29 is 4.74 Å². The molecule has 0 radical (unpaired) electrons. The molecule has 0 aromatic heterocycles. The summed E-state index contributed by atoms with van der Waals surface area (Å²) in [7, 11) is 1.78. The van der Waals surface area contributed by atoms with Gasteiger partial charge in [0.05, 0.1) is 6.61 Å². The standard InChI is InChI=1S/C24H41N5O/c1-3-25-24(26-19-21-9-13-28(14-10-21)17-18-30-2)27-23-11-15-29(16-12-23)20-22-7-5-4-6-8-22/h4-8,21,23H,3,9-20H2,1-2H3,(H2,25,26,27). The van der Waals surface area contributed by atoms with Gasteiger partial charge in [0.25, 0.3) is 0 Å². The van der Waals surface area contributed by atoms with E-state index in [1.54, 1.807) is 7.11 Å². The zero-order valence-corrected chi connectivity index (χ0v) is 19.0. The molecule has 0 amide bonds. The summed E-state index contributed by atoms with van der Waals surface area (Å²) in [4.78, 5) is 10.0. The molecule has 0 saturated carbocycles. The molecular weight excluding hydrogens is 374 g/mol. The van der Waals surface area contributed by atoms with E-state index in [9.17, 15) is 0 Å². The quantitative estimate of drug-likeness (QED) is 0.480. The number of piperidine rings is 2. The second-order valence-electron chi connectivity index (χ2n) is 8.68. The summed E-state index contributed by atoms with van der Waals surface area (Å²) in [6, 6.07) is 11.3. The predicted octanol–water partition coefficient (Wildman–Crippen LogP) is 2.56. The van der Waals surface area contributed by atoms with Gasteiger partial charge in [-0.2, -0.15) is 0 Å². The van der Waals surface area contributed by atoms with Crippen molar-refractivity contribution in [3.8, 4) is 0 Å². The molecule has 6 heteroatoms. The van der Waals surface area contributed by atoms with Gasteiger partial charge in [0.2, 0.25) is 0 Å². The van der Waals surface area contributed by atoms with Crippen molar-refractivity contribution in [2.75, 3.05) is 59.5 Å². The number of likely N-dealkylation sites (tertiary alicyclic amines) is 2. The van der Waals surface area contributed by atoms with Gasteiger partial charge in [-0.3, -0.25) is 9.89 Å². The fourth-order valence-electron chi connectivity index (χ4n) is 4.42. The lowest BCUT2D eigenvalue weighted by Gasteiger charge is -2.33. The highest BCUT2D eigenvalue weighted by Gasteiger charge is 2.21. The second-order valence-corrected chi connectivity index (χ2v) is 8.68. The molecule has 0 bridgehead atoms. The lowest BCUT2D eigenvalue weighted by Crippen LogP contribution is -2.48. The van der Waals surface area contributed by atoms with Crippen molar-refractivity contribution >= 4 is 5.96 Å². The highest BCUT2D eigenvalue weighted by molar-refractivity contribution is 5.80. The van der Waals surface area contributed by atoms with Crippen LogP contribution in [0.2, 0.25) is 0 Å². The van der Waals surface area contributed by atoms with Crippen LogP contribution in [0.4, 0.5) is 0 Å². The summed E-state index contributed by atoms with van der Waals surface area (Å²) in [6.45, 7) is 11.6. The summed E-state index contributed by atoms with van der Waals surface area (Å²) in [5, 5.41) is 7.16. The SMILES string of the molecule is CCNC(=NCC1CCN(CCOC)CC1)NC1CCN(Cc2ccccc2)CC1. The van der Waals surface area contributed by atoms with E-state index in [4.69, 9.17) is 9.73 Å². The van der Waals surface area contributed by atoms with Crippen LogP contribution in [0.5, 0.6) is 0 Å². The molecule has 3 rings (SSSR count). The average Bonchev–Trinajstić information content (AvgIpc) is 2.79. The van der Waals surface area contributed by atoms with Crippen molar-refractivity contribution in [2.24, 2.45) is 10.9 Å². The van der Waals surface area contributed by atoms with Crippen molar-refractivity contribution in [1.29, 1.82) is 0 Å².